The summed E-state index contributed by atoms with van der Waals surface area (Å²) in [6, 6.07) is 86.6. The van der Waals surface area contributed by atoms with Gasteiger partial charge >= 0.3 is 0 Å². The lowest BCUT2D eigenvalue weighted by Gasteiger charge is -2.34. The van der Waals surface area contributed by atoms with Crippen LogP contribution in [0.15, 0.2) is 237 Å². The number of benzene rings is 10. The summed E-state index contributed by atoms with van der Waals surface area (Å²) in [5.41, 5.74) is 17.7. The van der Waals surface area contributed by atoms with Crippen LogP contribution in [0.3, 0.4) is 0 Å². The molecule has 1 heterocycles. The Morgan fingerprint density at radius 1 is 0.328 bits per heavy atom. The predicted octanol–water partition coefficient (Wildman–Crippen LogP) is 15.4. The second kappa shape index (κ2) is 14.1. The van der Waals surface area contributed by atoms with E-state index in [1.54, 1.807) is 0 Å². The third kappa shape index (κ3) is 5.64. The number of nitrogens with one attached hydrogen (secondary N) is 1. The van der Waals surface area contributed by atoms with E-state index in [0.29, 0.717) is 0 Å². The Bertz CT molecular complexity index is 3380. The van der Waals surface area contributed by atoms with Crippen LogP contribution < -0.4 is 5.32 Å². The molecule has 2 nitrogen and oxygen atoms in total. The maximum absolute atomic E-state index is 3.73. The van der Waals surface area contributed by atoms with Gasteiger partial charge in [0.1, 0.15) is 0 Å². The van der Waals surface area contributed by atoms with Crippen molar-refractivity contribution >= 4 is 44.0 Å². The molecule has 12 rings (SSSR count). The second-order valence-corrected chi connectivity index (χ2v) is 16.2. The molecule has 1 aliphatic rings. The first-order valence-corrected chi connectivity index (χ1v) is 21.1. The van der Waals surface area contributed by atoms with E-state index in [1.165, 1.54) is 88.2 Å². The minimum Gasteiger partial charge on any atom is -0.356 e. The number of rotatable bonds is 7. The van der Waals surface area contributed by atoms with Gasteiger partial charge in [0, 0.05) is 27.8 Å². The summed E-state index contributed by atoms with van der Waals surface area (Å²) in [6.45, 7) is 0. The van der Waals surface area contributed by atoms with Gasteiger partial charge in [-0.15, -0.1) is 0 Å². The van der Waals surface area contributed by atoms with Gasteiger partial charge in [0.05, 0.1) is 16.4 Å². The van der Waals surface area contributed by atoms with Crippen LogP contribution in [-0.4, -0.2) is 4.57 Å². The van der Waals surface area contributed by atoms with E-state index in [1.807, 2.05) is 0 Å². The quantitative estimate of drug-likeness (QED) is 0.171. The molecule has 0 aliphatic heterocycles. The summed E-state index contributed by atoms with van der Waals surface area (Å²) in [7, 11) is 0. The number of fused-ring (bicyclic) bond motifs is 7. The molecule has 0 amide bonds. The van der Waals surface area contributed by atoms with Crippen molar-refractivity contribution in [3.05, 3.63) is 259 Å². The summed E-state index contributed by atoms with van der Waals surface area (Å²) in [4.78, 5) is 0. The molecule has 1 aromatic heterocycles. The monoisotopic (exact) mass is 776 g/mol. The molecule has 0 spiro atoms. The molecular weight excluding hydrogens is 737 g/mol. The average Bonchev–Trinajstić information content (AvgIpc) is 3.82. The first kappa shape index (κ1) is 35.0. The number of hydrogen-bond donors (Lipinski definition) is 1. The predicted molar refractivity (Wildman–Crippen MR) is 256 cm³/mol. The summed E-state index contributed by atoms with van der Waals surface area (Å²) in [6.07, 6.45) is 0. The number of anilines is 2. The molecule has 1 N–H and O–H groups in total. The number of aromatic nitrogens is 1. The van der Waals surface area contributed by atoms with Crippen molar-refractivity contribution < 1.29 is 0 Å². The number of para-hydroxylation sites is 1. The molecule has 0 fully saturated rings. The lowest BCUT2D eigenvalue weighted by molar-refractivity contribution is 0.769. The van der Waals surface area contributed by atoms with Gasteiger partial charge in [-0.25, -0.2) is 0 Å². The molecule has 0 saturated heterocycles. The van der Waals surface area contributed by atoms with Crippen LogP contribution >= 0.6 is 0 Å². The zero-order valence-corrected chi connectivity index (χ0v) is 33.5. The highest BCUT2D eigenvalue weighted by Gasteiger charge is 2.46. The Labute approximate surface area is 355 Å². The van der Waals surface area contributed by atoms with Crippen molar-refractivity contribution in [3.8, 4) is 39.1 Å². The molecule has 1 aliphatic carbocycles. The van der Waals surface area contributed by atoms with Gasteiger partial charge in [0.2, 0.25) is 0 Å². The highest BCUT2D eigenvalue weighted by molar-refractivity contribution is 6.11. The number of nitrogens with zero attached hydrogens (tertiary/aromatic N) is 1. The van der Waals surface area contributed by atoms with Gasteiger partial charge < -0.3 is 9.88 Å². The molecule has 0 bridgehead atoms. The SMILES string of the molecule is c1ccc(-n2c3ccc(Nc4ccc(-c5ccc6ccccc6c5)cc4)cc3c3cc(-c4ccc5c(c4)C(c4ccccc4)(c4ccccc4)c4ccccc4-5)ccc32)cc1. The second-order valence-electron chi connectivity index (χ2n) is 16.2. The largest absolute Gasteiger partial charge is 0.356 e. The highest BCUT2D eigenvalue weighted by atomic mass is 15.0. The molecule has 11 aromatic rings. The van der Waals surface area contributed by atoms with Crippen LogP contribution in [0.4, 0.5) is 11.4 Å². The minimum absolute atomic E-state index is 0.452. The van der Waals surface area contributed by atoms with E-state index in [0.717, 1.165) is 17.1 Å². The molecule has 0 saturated carbocycles. The maximum Gasteiger partial charge on any atom is 0.0713 e. The van der Waals surface area contributed by atoms with E-state index in [9.17, 15) is 0 Å². The van der Waals surface area contributed by atoms with Gasteiger partial charge in [-0.05, 0) is 133 Å². The lowest BCUT2D eigenvalue weighted by Crippen LogP contribution is -2.28. The highest BCUT2D eigenvalue weighted by Crippen LogP contribution is 2.56. The van der Waals surface area contributed by atoms with Crippen molar-refractivity contribution in [2.24, 2.45) is 0 Å². The lowest BCUT2D eigenvalue weighted by atomic mass is 9.67. The van der Waals surface area contributed by atoms with Crippen LogP contribution in [0.5, 0.6) is 0 Å². The molecule has 0 atom stereocenters. The Morgan fingerprint density at radius 3 is 1.61 bits per heavy atom. The first-order valence-electron chi connectivity index (χ1n) is 21.1. The van der Waals surface area contributed by atoms with Crippen molar-refractivity contribution in [2.45, 2.75) is 5.41 Å². The molecular formula is C59H40N2. The van der Waals surface area contributed by atoms with Gasteiger partial charge in [0.15, 0.2) is 0 Å². The standard InChI is InChI=1S/C59H40N2/c1-4-16-46(17-5-1)59(47-18-6-2-7-19-47)55-23-13-12-22-51(55)52-33-28-45(38-56(52)59)44-29-34-57-53(37-44)54-39-49(32-35-58(54)61(57)50-20-8-3-9-21-50)60-48-30-26-41(27-31-48)43-25-24-40-14-10-11-15-42(40)36-43/h1-39,60H. The van der Waals surface area contributed by atoms with E-state index in [4.69, 9.17) is 0 Å². The van der Waals surface area contributed by atoms with Gasteiger partial charge in [-0.1, -0.05) is 170 Å². The molecule has 286 valence electrons. The molecule has 10 aromatic carbocycles. The van der Waals surface area contributed by atoms with E-state index >= 15 is 0 Å². The third-order valence-electron chi connectivity index (χ3n) is 12.8. The Balaban J connectivity index is 0.981. The van der Waals surface area contributed by atoms with Crippen LogP contribution in [0.25, 0.3) is 71.6 Å². The summed E-state index contributed by atoms with van der Waals surface area (Å²) >= 11 is 0. The van der Waals surface area contributed by atoms with Crippen LogP contribution in [0, 0.1) is 0 Å². The van der Waals surface area contributed by atoms with Gasteiger partial charge in [-0.2, -0.15) is 0 Å². The van der Waals surface area contributed by atoms with Crippen molar-refractivity contribution in [2.75, 3.05) is 5.32 Å². The molecule has 2 heteroatoms. The zero-order chi connectivity index (χ0) is 40.3. The average molecular weight is 777 g/mol. The van der Waals surface area contributed by atoms with Crippen LogP contribution in [0.2, 0.25) is 0 Å². The summed E-state index contributed by atoms with van der Waals surface area (Å²) in [5.74, 6) is 0. The van der Waals surface area contributed by atoms with Crippen LogP contribution in [0.1, 0.15) is 22.3 Å². The normalized spacial score (nSPS) is 12.7. The molecule has 61 heavy (non-hydrogen) atoms. The van der Waals surface area contributed by atoms with Crippen molar-refractivity contribution in [3.63, 3.8) is 0 Å². The van der Waals surface area contributed by atoms with Gasteiger partial charge in [0.25, 0.3) is 0 Å². The number of hydrogen-bond acceptors (Lipinski definition) is 1. The summed E-state index contributed by atoms with van der Waals surface area (Å²) < 4.78 is 2.39. The van der Waals surface area contributed by atoms with Crippen molar-refractivity contribution in [1.29, 1.82) is 0 Å². The Kier molecular flexibility index (Phi) is 8.11. The minimum atomic E-state index is -0.452. The maximum atomic E-state index is 3.73. The van der Waals surface area contributed by atoms with E-state index in [2.05, 4.69) is 246 Å². The zero-order valence-electron chi connectivity index (χ0n) is 33.5. The first-order chi connectivity index (χ1) is 30.2. The van der Waals surface area contributed by atoms with Crippen molar-refractivity contribution in [1.82, 2.24) is 4.57 Å². The van der Waals surface area contributed by atoms with Crippen LogP contribution in [-0.2, 0) is 5.41 Å². The van der Waals surface area contributed by atoms with Gasteiger partial charge in [-0.3, -0.25) is 0 Å². The molecule has 0 radical (unpaired) electrons. The topological polar surface area (TPSA) is 17.0 Å². The van der Waals surface area contributed by atoms with E-state index in [-0.39, 0.29) is 0 Å². The Hall–Kier alpha value is -7.94. The fourth-order valence-corrected chi connectivity index (χ4v) is 10.0. The summed E-state index contributed by atoms with van der Waals surface area (Å²) in [5, 5.41) is 8.66. The Morgan fingerprint density at radius 2 is 0.852 bits per heavy atom. The third-order valence-corrected chi connectivity index (χ3v) is 12.8. The fourth-order valence-electron chi connectivity index (χ4n) is 10.0. The van der Waals surface area contributed by atoms with E-state index < -0.39 is 5.41 Å². The fraction of sp³-hybridized carbons (Fsp3) is 0.0169. The smallest absolute Gasteiger partial charge is 0.0713 e. The molecule has 0 unspecified atom stereocenters.